The summed E-state index contributed by atoms with van der Waals surface area (Å²) < 4.78 is 30.9. The number of halogens is 2. The summed E-state index contributed by atoms with van der Waals surface area (Å²) in [6, 6.07) is 22.9. The summed E-state index contributed by atoms with van der Waals surface area (Å²) in [5, 5.41) is 8.03. The van der Waals surface area contributed by atoms with Crippen LogP contribution in [-0.2, 0) is 9.59 Å². The molecule has 9 nitrogen and oxygen atoms in total. The van der Waals surface area contributed by atoms with E-state index in [-0.39, 0.29) is 23.0 Å². The van der Waals surface area contributed by atoms with E-state index in [0.29, 0.717) is 38.5 Å². The Bertz CT molecular complexity index is 1720. The van der Waals surface area contributed by atoms with Crippen molar-refractivity contribution in [3.63, 3.8) is 0 Å². The molecule has 232 valence electrons. The summed E-state index contributed by atoms with van der Waals surface area (Å²) in [4.78, 5) is 39.6. The second-order valence-corrected chi connectivity index (χ2v) is 11.2. The Morgan fingerprint density at radius 1 is 0.822 bits per heavy atom. The number of benzene rings is 4. The van der Waals surface area contributed by atoms with Gasteiger partial charge in [-0.2, -0.15) is 0 Å². The summed E-state index contributed by atoms with van der Waals surface area (Å²) in [5.74, 6) is -0.706. The lowest BCUT2D eigenvalue weighted by Crippen LogP contribution is -2.30. The molecule has 0 aromatic heterocycles. The van der Waals surface area contributed by atoms with Crippen LogP contribution in [0.5, 0.6) is 17.2 Å². The van der Waals surface area contributed by atoms with E-state index >= 15 is 0 Å². The number of thioether (sulfide) groups is 1. The van der Waals surface area contributed by atoms with Crippen molar-refractivity contribution < 1.29 is 33.0 Å². The third-order valence-corrected chi connectivity index (χ3v) is 7.76. The highest BCUT2D eigenvalue weighted by molar-refractivity contribution is 9.10. The predicted molar refractivity (Wildman–Crippen MR) is 177 cm³/mol. The van der Waals surface area contributed by atoms with Gasteiger partial charge in [-0.15, -0.1) is 11.8 Å². The van der Waals surface area contributed by atoms with Gasteiger partial charge in [0.25, 0.3) is 11.8 Å². The third-order valence-electron chi connectivity index (χ3n) is 6.25. The highest BCUT2D eigenvalue weighted by Gasteiger charge is 2.18. The summed E-state index contributed by atoms with van der Waals surface area (Å²) in [5.41, 5.74) is 1.32. The number of carbonyl (C=O) groups excluding carboxylic acids is 3. The molecule has 0 saturated carbocycles. The standard InChI is InChI=1S/C33H29BrFN3O6S/c1-42-28-18-30(44-3)29(43-2)16-21(28)15-27(38-32(40)20-7-5-4-6-8-20)33(41)36-23-10-12-24(13-11-23)45-19-31(39)37-26-14-9-22(34)17-25(26)35/h4-18H,19H2,1-3H3,(H,36,41)(H,37,39)(H,38,40)/b27-15-. The average Bonchev–Trinajstić information content (AvgIpc) is 3.05. The molecular weight excluding hydrogens is 665 g/mol. The van der Waals surface area contributed by atoms with E-state index in [0.717, 1.165) is 4.90 Å². The maximum atomic E-state index is 14.0. The molecule has 0 saturated heterocycles. The topological polar surface area (TPSA) is 115 Å². The summed E-state index contributed by atoms with van der Waals surface area (Å²) in [7, 11) is 4.46. The lowest BCUT2D eigenvalue weighted by atomic mass is 10.1. The van der Waals surface area contributed by atoms with E-state index in [1.165, 1.54) is 51.3 Å². The number of hydrogen-bond acceptors (Lipinski definition) is 7. The monoisotopic (exact) mass is 693 g/mol. The van der Waals surface area contributed by atoms with E-state index in [1.54, 1.807) is 72.8 Å². The molecule has 0 fully saturated rings. The largest absolute Gasteiger partial charge is 0.496 e. The predicted octanol–water partition coefficient (Wildman–Crippen LogP) is 6.75. The second kappa shape index (κ2) is 15.8. The molecule has 0 radical (unpaired) electrons. The fraction of sp³-hybridized carbons (Fsp3) is 0.121. The number of nitrogens with one attached hydrogen (secondary N) is 3. The van der Waals surface area contributed by atoms with Crippen LogP contribution in [0.3, 0.4) is 0 Å². The number of rotatable bonds is 12. The summed E-state index contributed by atoms with van der Waals surface area (Å²) in [6.07, 6.45) is 1.48. The summed E-state index contributed by atoms with van der Waals surface area (Å²) >= 11 is 4.43. The number of amides is 3. The molecule has 0 heterocycles. The molecule has 0 aliphatic rings. The van der Waals surface area contributed by atoms with Gasteiger partial charge < -0.3 is 30.2 Å². The highest BCUT2D eigenvalue weighted by atomic mass is 79.9. The zero-order chi connectivity index (χ0) is 32.3. The number of anilines is 2. The Morgan fingerprint density at radius 3 is 2.13 bits per heavy atom. The van der Waals surface area contributed by atoms with Gasteiger partial charge in [-0.25, -0.2) is 4.39 Å². The zero-order valence-corrected chi connectivity index (χ0v) is 26.9. The van der Waals surface area contributed by atoms with Crippen LogP contribution < -0.4 is 30.2 Å². The van der Waals surface area contributed by atoms with Gasteiger partial charge in [0.05, 0.1) is 32.8 Å². The third kappa shape index (κ3) is 9.10. The minimum absolute atomic E-state index is 0.0484. The van der Waals surface area contributed by atoms with Gasteiger partial charge in [-0.1, -0.05) is 34.1 Å². The SMILES string of the molecule is COc1cc(OC)c(OC)cc1/C=C(\NC(=O)c1ccccc1)C(=O)Nc1ccc(SCC(=O)Nc2ccc(Br)cc2F)cc1. The maximum absolute atomic E-state index is 14.0. The van der Waals surface area contributed by atoms with Crippen LogP contribution in [0.4, 0.5) is 15.8 Å². The maximum Gasteiger partial charge on any atom is 0.272 e. The van der Waals surface area contributed by atoms with Crippen molar-refractivity contribution in [1.82, 2.24) is 5.32 Å². The van der Waals surface area contributed by atoms with Crippen molar-refractivity contribution in [1.29, 1.82) is 0 Å². The molecule has 3 N–H and O–H groups in total. The lowest BCUT2D eigenvalue weighted by Gasteiger charge is -2.15. The Morgan fingerprint density at radius 2 is 1.49 bits per heavy atom. The smallest absolute Gasteiger partial charge is 0.272 e. The molecular formula is C33H29BrFN3O6S. The van der Waals surface area contributed by atoms with Crippen LogP contribution in [0.15, 0.2) is 100.0 Å². The lowest BCUT2D eigenvalue weighted by molar-refractivity contribution is -0.114. The Balaban J connectivity index is 1.50. The van der Waals surface area contributed by atoms with Crippen molar-refractivity contribution in [2.45, 2.75) is 4.90 Å². The Kier molecular flexibility index (Phi) is 11.6. The second-order valence-electron chi connectivity index (χ2n) is 9.27. The molecule has 0 spiro atoms. The van der Waals surface area contributed by atoms with Gasteiger partial charge in [0.1, 0.15) is 17.3 Å². The molecule has 4 rings (SSSR count). The first kappa shape index (κ1) is 33.1. The van der Waals surface area contributed by atoms with Crippen LogP contribution in [0.2, 0.25) is 0 Å². The fourth-order valence-corrected chi connectivity index (χ4v) is 5.05. The number of methoxy groups -OCH3 is 3. The number of ether oxygens (including phenoxy) is 3. The fourth-order valence-electron chi connectivity index (χ4n) is 4.02. The van der Waals surface area contributed by atoms with Crippen molar-refractivity contribution in [2.24, 2.45) is 0 Å². The van der Waals surface area contributed by atoms with Gasteiger partial charge in [0.15, 0.2) is 11.5 Å². The first-order chi connectivity index (χ1) is 21.7. The van der Waals surface area contributed by atoms with Crippen LogP contribution in [0.1, 0.15) is 15.9 Å². The van der Waals surface area contributed by atoms with Gasteiger partial charge in [0.2, 0.25) is 5.91 Å². The molecule has 0 aliphatic heterocycles. The molecule has 3 amide bonds. The van der Waals surface area contributed by atoms with Gasteiger partial charge in [-0.05, 0) is 66.7 Å². The van der Waals surface area contributed by atoms with Gasteiger partial charge in [-0.3, -0.25) is 14.4 Å². The minimum atomic E-state index is -0.590. The van der Waals surface area contributed by atoms with E-state index in [9.17, 15) is 18.8 Å². The van der Waals surface area contributed by atoms with Gasteiger partial charge >= 0.3 is 0 Å². The van der Waals surface area contributed by atoms with Crippen LogP contribution in [0, 0.1) is 5.82 Å². The van der Waals surface area contributed by atoms with Crippen molar-refractivity contribution >= 4 is 62.9 Å². The number of carbonyl (C=O) groups is 3. The van der Waals surface area contributed by atoms with Crippen LogP contribution >= 0.6 is 27.7 Å². The molecule has 0 aliphatic carbocycles. The molecule has 0 unspecified atom stereocenters. The van der Waals surface area contributed by atoms with Crippen molar-refractivity contribution in [3.8, 4) is 17.2 Å². The quantitative estimate of drug-likeness (QED) is 0.111. The van der Waals surface area contributed by atoms with E-state index in [4.69, 9.17) is 14.2 Å². The molecule has 0 bridgehead atoms. The number of hydrogen-bond donors (Lipinski definition) is 3. The summed E-state index contributed by atoms with van der Waals surface area (Å²) in [6.45, 7) is 0. The first-order valence-electron chi connectivity index (χ1n) is 13.4. The molecule has 45 heavy (non-hydrogen) atoms. The van der Waals surface area contributed by atoms with E-state index in [2.05, 4.69) is 31.9 Å². The Labute approximate surface area is 272 Å². The van der Waals surface area contributed by atoms with Gasteiger partial charge in [0, 0.05) is 32.2 Å². The van der Waals surface area contributed by atoms with E-state index < -0.39 is 17.6 Å². The molecule has 4 aromatic rings. The van der Waals surface area contributed by atoms with Crippen LogP contribution in [0.25, 0.3) is 6.08 Å². The van der Waals surface area contributed by atoms with Crippen LogP contribution in [-0.4, -0.2) is 44.8 Å². The molecule has 0 atom stereocenters. The first-order valence-corrected chi connectivity index (χ1v) is 15.2. The molecule has 12 heteroatoms. The zero-order valence-electron chi connectivity index (χ0n) is 24.5. The van der Waals surface area contributed by atoms with Crippen molar-refractivity contribution in [3.05, 3.63) is 112 Å². The normalized spacial score (nSPS) is 10.9. The molecule has 4 aromatic carbocycles. The minimum Gasteiger partial charge on any atom is -0.496 e. The Hall–Kier alpha value is -4.81. The van der Waals surface area contributed by atoms with E-state index in [1.807, 2.05) is 0 Å². The average molecular weight is 695 g/mol. The highest BCUT2D eigenvalue weighted by Crippen LogP contribution is 2.35. The van der Waals surface area contributed by atoms with Crippen molar-refractivity contribution in [2.75, 3.05) is 37.7 Å².